The number of piperidine rings is 1. The summed E-state index contributed by atoms with van der Waals surface area (Å²) in [6.45, 7) is 0.765. The molecule has 1 aliphatic heterocycles. The summed E-state index contributed by atoms with van der Waals surface area (Å²) >= 11 is 5.74. The van der Waals surface area contributed by atoms with E-state index in [9.17, 15) is 0 Å². The van der Waals surface area contributed by atoms with Crippen LogP contribution < -0.4 is 4.74 Å². The molecular formula is C13H17ClN2O. The standard InChI is InChI=1S/C13H17ClN2O/c1-16-10-3-2-9(6-10)12(16)8-17-11-4-5-13(14)15-7-11/h4-5,7,9-10,12H,2-3,6,8H2,1H3/t9-,10+,12-/m1/s1. The summed E-state index contributed by atoms with van der Waals surface area (Å²) in [6.07, 6.45) is 5.76. The average Bonchev–Trinajstić information content (AvgIpc) is 2.90. The zero-order chi connectivity index (χ0) is 11.8. The van der Waals surface area contributed by atoms with Gasteiger partial charge in [-0.1, -0.05) is 11.6 Å². The van der Waals surface area contributed by atoms with Crippen LogP contribution in [-0.4, -0.2) is 35.6 Å². The Labute approximate surface area is 107 Å². The fraction of sp³-hybridized carbons (Fsp3) is 0.615. The van der Waals surface area contributed by atoms with Gasteiger partial charge in [0.05, 0.1) is 6.20 Å². The van der Waals surface area contributed by atoms with E-state index in [0.717, 1.165) is 24.3 Å². The van der Waals surface area contributed by atoms with Gasteiger partial charge in [0.25, 0.3) is 0 Å². The maximum absolute atomic E-state index is 5.81. The van der Waals surface area contributed by atoms with Gasteiger partial charge in [-0.25, -0.2) is 4.98 Å². The molecule has 0 N–H and O–H groups in total. The Morgan fingerprint density at radius 3 is 3.00 bits per heavy atom. The van der Waals surface area contributed by atoms with Crippen molar-refractivity contribution >= 4 is 11.6 Å². The van der Waals surface area contributed by atoms with Crippen LogP contribution in [0.15, 0.2) is 18.3 Å². The molecule has 3 atom stereocenters. The van der Waals surface area contributed by atoms with Crippen LogP contribution in [0.1, 0.15) is 19.3 Å². The smallest absolute Gasteiger partial charge is 0.137 e. The van der Waals surface area contributed by atoms with Crippen molar-refractivity contribution in [1.82, 2.24) is 9.88 Å². The van der Waals surface area contributed by atoms with Crippen LogP contribution in [0, 0.1) is 5.92 Å². The van der Waals surface area contributed by atoms with E-state index >= 15 is 0 Å². The highest BCUT2D eigenvalue weighted by Crippen LogP contribution is 2.41. The Morgan fingerprint density at radius 2 is 2.35 bits per heavy atom. The van der Waals surface area contributed by atoms with Gasteiger partial charge in [0.15, 0.2) is 0 Å². The number of halogens is 1. The number of pyridine rings is 1. The third kappa shape index (κ3) is 2.14. The second kappa shape index (κ2) is 4.46. The number of likely N-dealkylation sites (tertiary alicyclic amines) is 1. The molecule has 17 heavy (non-hydrogen) atoms. The van der Waals surface area contributed by atoms with Gasteiger partial charge < -0.3 is 4.74 Å². The lowest BCUT2D eigenvalue weighted by Gasteiger charge is -2.31. The molecule has 2 heterocycles. The highest BCUT2D eigenvalue weighted by molar-refractivity contribution is 6.29. The van der Waals surface area contributed by atoms with Crippen LogP contribution in [0.5, 0.6) is 5.75 Å². The molecule has 3 rings (SSSR count). The molecule has 4 heteroatoms. The monoisotopic (exact) mass is 252 g/mol. The summed E-state index contributed by atoms with van der Waals surface area (Å²) in [7, 11) is 2.22. The topological polar surface area (TPSA) is 25.4 Å². The number of aromatic nitrogens is 1. The fourth-order valence-corrected chi connectivity index (χ4v) is 3.31. The van der Waals surface area contributed by atoms with E-state index in [1.165, 1.54) is 19.3 Å². The maximum atomic E-state index is 5.81. The van der Waals surface area contributed by atoms with Crippen LogP contribution >= 0.6 is 11.6 Å². The zero-order valence-corrected chi connectivity index (χ0v) is 10.7. The second-order valence-corrected chi connectivity index (χ2v) is 5.47. The fourth-order valence-electron chi connectivity index (χ4n) is 3.20. The first-order chi connectivity index (χ1) is 8.24. The second-order valence-electron chi connectivity index (χ2n) is 5.09. The molecule has 3 nitrogen and oxygen atoms in total. The molecule has 0 unspecified atom stereocenters. The van der Waals surface area contributed by atoms with Crippen molar-refractivity contribution in [3.8, 4) is 5.75 Å². The minimum atomic E-state index is 0.509. The molecule has 2 bridgehead atoms. The summed E-state index contributed by atoms with van der Waals surface area (Å²) < 4.78 is 5.81. The number of nitrogens with zero attached hydrogens (tertiary/aromatic N) is 2. The normalized spacial score (nSPS) is 32.0. The lowest BCUT2D eigenvalue weighted by atomic mass is 10.00. The molecule has 0 radical (unpaired) electrons. The predicted octanol–water partition coefficient (Wildman–Crippen LogP) is 2.60. The van der Waals surface area contributed by atoms with E-state index in [0.29, 0.717) is 11.2 Å². The lowest BCUT2D eigenvalue weighted by molar-refractivity contribution is 0.118. The molecule has 1 saturated heterocycles. The summed E-state index contributed by atoms with van der Waals surface area (Å²) in [5.74, 6) is 1.64. The minimum absolute atomic E-state index is 0.509. The van der Waals surface area contributed by atoms with E-state index < -0.39 is 0 Å². The number of hydrogen-bond donors (Lipinski definition) is 0. The van der Waals surface area contributed by atoms with Gasteiger partial charge in [0.1, 0.15) is 17.5 Å². The summed E-state index contributed by atoms with van der Waals surface area (Å²) in [5.41, 5.74) is 0. The van der Waals surface area contributed by atoms with Crippen molar-refractivity contribution in [2.24, 2.45) is 5.92 Å². The van der Waals surface area contributed by atoms with Gasteiger partial charge in [0.2, 0.25) is 0 Å². The molecule has 2 aliphatic rings. The molecule has 0 aromatic carbocycles. The number of ether oxygens (including phenoxy) is 1. The van der Waals surface area contributed by atoms with Gasteiger partial charge in [-0.3, -0.25) is 4.90 Å². The summed E-state index contributed by atoms with van der Waals surface area (Å²) in [4.78, 5) is 6.50. The Morgan fingerprint density at radius 1 is 1.47 bits per heavy atom. The first-order valence-corrected chi connectivity index (χ1v) is 6.58. The van der Waals surface area contributed by atoms with Crippen molar-refractivity contribution in [3.05, 3.63) is 23.5 Å². The van der Waals surface area contributed by atoms with Gasteiger partial charge in [0, 0.05) is 12.1 Å². The number of hydrogen-bond acceptors (Lipinski definition) is 3. The molecule has 0 amide bonds. The SMILES string of the molecule is CN1[C@H]2CC[C@H](C2)[C@H]1COc1ccc(Cl)nc1. The third-order valence-corrected chi connectivity index (χ3v) is 4.43. The molecule has 1 saturated carbocycles. The number of rotatable bonds is 3. The summed E-state index contributed by atoms with van der Waals surface area (Å²) in [6, 6.07) is 5.01. The first-order valence-electron chi connectivity index (χ1n) is 6.20. The lowest BCUT2D eigenvalue weighted by Crippen LogP contribution is -2.41. The van der Waals surface area contributed by atoms with Gasteiger partial charge >= 0.3 is 0 Å². The van der Waals surface area contributed by atoms with E-state index in [4.69, 9.17) is 16.3 Å². The highest BCUT2D eigenvalue weighted by atomic mass is 35.5. The molecule has 92 valence electrons. The van der Waals surface area contributed by atoms with Crippen molar-refractivity contribution in [2.75, 3.05) is 13.7 Å². The Hall–Kier alpha value is -0.800. The highest BCUT2D eigenvalue weighted by Gasteiger charge is 2.43. The van der Waals surface area contributed by atoms with Gasteiger partial charge in [-0.05, 0) is 44.4 Å². The number of fused-ring (bicyclic) bond motifs is 2. The largest absolute Gasteiger partial charge is 0.490 e. The zero-order valence-electron chi connectivity index (χ0n) is 9.97. The van der Waals surface area contributed by atoms with Crippen LogP contribution in [-0.2, 0) is 0 Å². The van der Waals surface area contributed by atoms with Gasteiger partial charge in [-0.15, -0.1) is 0 Å². The quantitative estimate of drug-likeness (QED) is 0.774. The van der Waals surface area contributed by atoms with Crippen LogP contribution in [0.3, 0.4) is 0 Å². The molecule has 1 aromatic heterocycles. The minimum Gasteiger partial charge on any atom is -0.490 e. The van der Waals surface area contributed by atoms with Crippen molar-refractivity contribution < 1.29 is 4.74 Å². The molecule has 2 fully saturated rings. The van der Waals surface area contributed by atoms with Crippen LogP contribution in [0.2, 0.25) is 5.15 Å². The Kier molecular flexibility index (Phi) is 2.97. The van der Waals surface area contributed by atoms with E-state index in [2.05, 4.69) is 16.9 Å². The molecule has 0 spiro atoms. The van der Waals surface area contributed by atoms with Crippen LogP contribution in [0.25, 0.3) is 0 Å². The Bertz CT molecular complexity index is 393. The Balaban J connectivity index is 1.59. The summed E-state index contributed by atoms with van der Waals surface area (Å²) in [5, 5.41) is 0.509. The van der Waals surface area contributed by atoms with Crippen molar-refractivity contribution in [2.45, 2.75) is 31.3 Å². The molecule has 1 aliphatic carbocycles. The van der Waals surface area contributed by atoms with Crippen LogP contribution in [0.4, 0.5) is 0 Å². The third-order valence-electron chi connectivity index (χ3n) is 4.21. The number of likely N-dealkylation sites (N-methyl/N-ethyl adjacent to an activating group) is 1. The molecule has 1 aromatic rings. The van der Waals surface area contributed by atoms with Crippen molar-refractivity contribution in [1.29, 1.82) is 0 Å². The van der Waals surface area contributed by atoms with E-state index in [1.807, 2.05) is 6.07 Å². The average molecular weight is 253 g/mol. The first kappa shape index (κ1) is 11.3. The van der Waals surface area contributed by atoms with E-state index in [-0.39, 0.29) is 0 Å². The molecular weight excluding hydrogens is 236 g/mol. The van der Waals surface area contributed by atoms with E-state index in [1.54, 1.807) is 12.3 Å². The van der Waals surface area contributed by atoms with Crippen molar-refractivity contribution in [3.63, 3.8) is 0 Å². The maximum Gasteiger partial charge on any atom is 0.137 e. The van der Waals surface area contributed by atoms with Gasteiger partial charge in [-0.2, -0.15) is 0 Å². The predicted molar refractivity (Wildman–Crippen MR) is 67.4 cm³/mol.